The molecule has 0 heterocycles. The van der Waals surface area contributed by atoms with E-state index in [2.05, 4.69) is 36.3 Å². The molecule has 1 amide bonds. The number of sulfonamides is 1. The van der Waals surface area contributed by atoms with Gasteiger partial charge in [-0.05, 0) is 40.8 Å². The molecular formula is C25H29N3O3S. The van der Waals surface area contributed by atoms with Crippen LogP contribution < -0.4 is 15.6 Å². The minimum absolute atomic E-state index is 0.00156. The fraction of sp³-hybridized carbons (Fsp3) is 0.240. The van der Waals surface area contributed by atoms with Gasteiger partial charge in [-0.15, -0.1) is 0 Å². The van der Waals surface area contributed by atoms with Gasteiger partial charge in [-0.3, -0.25) is 10.2 Å². The van der Waals surface area contributed by atoms with E-state index >= 15 is 0 Å². The minimum atomic E-state index is -3.68. The largest absolute Gasteiger partial charge is 0.287 e. The summed E-state index contributed by atoms with van der Waals surface area (Å²) in [6, 6.07) is 24.5. The number of carbonyl (C=O) groups excluding carboxylic acids is 1. The molecule has 3 aromatic rings. The zero-order valence-corrected chi connectivity index (χ0v) is 19.3. The third-order valence-corrected chi connectivity index (χ3v) is 6.55. The Kier molecular flexibility index (Phi) is 7.45. The predicted molar refractivity (Wildman–Crippen MR) is 127 cm³/mol. The van der Waals surface area contributed by atoms with Crippen LogP contribution in [-0.4, -0.2) is 20.9 Å². The van der Waals surface area contributed by atoms with Gasteiger partial charge < -0.3 is 0 Å². The first kappa shape index (κ1) is 23.7. The van der Waals surface area contributed by atoms with E-state index in [9.17, 15) is 13.2 Å². The highest BCUT2D eigenvalue weighted by molar-refractivity contribution is 7.89. The number of hydrogen-bond donors (Lipinski definition) is 3. The van der Waals surface area contributed by atoms with Crippen molar-refractivity contribution in [3.63, 3.8) is 0 Å². The van der Waals surface area contributed by atoms with Crippen molar-refractivity contribution in [3.8, 4) is 0 Å². The van der Waals surface area contributed by atoms with E-state index < -0.39 is 16.1 Å². The van der Waals surface area contributed by atoms with Crippen LogP contribution in [0.5, 0.6) is 0 Å². The van der Waals surface area contributed by atoms with Gasteiger partial charge >= 0.3 is 0 Å². The summed E-state index contributed by atoms with van der Waals surface area (Å²) in [5, 5.41) is 0. The summed E-state index contributed by atoms with van der Waals surface area (Å²) in [5.41, 5.74) is 8.18. The zero-order valence-electron chi connectivity index (χ0n) is 18.5. The molecule has 0 aliphatic carbocycles. The minimum Gasteiger partial charge on any atom is -0.287 e. The van der Waals surface area contributed by atoms with E-state index in [4.69, 9.17) is 0 Å². The number of nitrogens with one attached hydrogen (secondary N) is 3. The van der Waals surface area contributed by atoms with Gasteiger partial charge in [-0.2, -0.15) is 0 Å². The maximum absolute atomic E-state index is 12.7. The van der Waals surface area contributed by atoms with Crippen LogP contribution in [0, 0.1) is 0 Å². The number of amides is 1. The molecule has 168 valence electrons. The molecule has 6 nitrogen and oxygen atoms in total. The molecule has 7 heteroatoms. The lowest BCUT2D eigenvalue weighted by Gasteiger charge is -2.21. The highest BCUT2D eigenvalue weighted by Crippen LogP contribution is 2.22. The van der Waals surface area contributed by atoms with Crippen LogP contribution in [0.15, 0.2) is 89.8 Å². The first-order chi connectivity index (χ1) is 15.2. The summed E-state index contributed by atoms with van der Waals surface area (Å²) >= 11 is 0. The molecular weight excluding hydrogens is 422 g/mol. The third-order valence-electron chi connectivity index (χ3n) is 5.11. The molecule has 0 saturated carbocycles. The van der Waals surface area contributed by atoms with Crippen molar-refractivity contribution in [3.05, 3.63) is 102 Å². The highest BCUT2D eigenvalue weighted by atomic mass is 32.2. The Balaban J connectivity index is 1.69. The Morgan fingerprint density at radius 1 is 0.844 bits per heavy atom. The standard InChI is InChI=1S/C25H29N3O3S/c1-25(2,3)21-16-14-20(15-17-21)24(29)28-27-23(19-10-6-4-7-11-19)18-26-32(30,31)22-12-8-5-9-13-22/h4-17,23,26-27H,18H2,1-3H3,(H,28,29). The molecule has 0 radical (unpaired) electrons. The van der Waals surface area contributed by atoms with Crippen LogP contribution in [0.2, 0.25) is 0 Å². The van der Waals surface area contributed by atoms with Gasteiger partial charge in [0.15, 0.2) is 0 Å². The van der Waals surface area contributed by atoms with Gasteiger partial charge in [0.1, 0.15) is 0 Å². The Morgan fingerprint density at radius 2 is 1.41 bits per heavy atom. The number of benzene rings is 3. The van der Waals surface area contributed by atoms with E-state index in [1.54, 1.807) is 30.3 Å². The molecule has 32 heavy (non-hydrogen) atoms. The summed E-state index contributed by atoms with van der Waals surface area (Å²) in [6.07, 6.45) is 0. The fourth-order valence-corrected chi connectivity index (χ4v) is 4.23. The Morgan fingerprint density at radius 3 is 1.97 bits per heavy atom. The molecule has 0 saturated heterocycles. The maximum atomic E-state index is 12.7. The van der Waals surface area contributed by atoms with Gasteiger partial charge in [-0.25, -0.2) is 18.6 Å². The molecule has 0 aromatic heterocycles. The zero-order chi connectivity index (χ0) is 23.2. The Hall–Kier alpha value is -3.00. The second-order valence-electron chi connectivity index (χ2n) is 8.55. The van der Waals surface area contributed by atoms with Gasteiger partial charge in [-0.1, -0.05) is 81.4 Å². The Labute approximate surface area is 190 Å². The first-order valence-corrected chi connectivity index (χ1v) is 11.9. The van der Waals surface area contributed by atoms with Crippen molar-refractivity contribution in [1.82, 2.24) is 15.6 Å². The molecule has 3 aromatic carbocycles. The van der Waals surface area contributed by atoms with E-state index in [1.165, 1.54) is 12.1 Å². The van der Waals surface area contributed by atoms with Crippen molar-refractivity contribution >= 4 is 15.9 Å². The smallest absolute Gasteiger partial charge is 0.265 e. The van der Waals surface area contributed by atoms with E-state index in [0.717, 1.165) is 11.1 Å². The molecule has 0 bridgehead atoms. The van der Waals surface area contributed by atoms with Gasteiger partial charge in [0, 0.05) is 12.1 Å². The van der Waals surface area contributed by atoms with E-state index in [1.807, 2.05) is 42.5 Å². The van der Waals surface area contributed by atoms with Crippen LogP contribution in [0.4, 0.5) is 0 Å². The molecule has 3 N–H and O–H groups in total. The molecule has 1 atom stereocenters. The quantitative estimate of drug-likeness (QED) is 0.453. The number of hydrazine groups is 1. The molecule has 0 fully saturated rings. The average molecular weight is 452 g/mol. The molecule has 0 aliphatic heterocycles. The van der Waals surface area contributed by atoms with Crippen molar-refractivity contribution in [2.75, 3.05) is 6.54 Å². The third kappa shape index (κ3) is 6.26. The van der Waals surface area contributed by atoms with Gasteiger partial charge in [0.2, 0.25) is 10.0 Å². The first-order valence-electron chi connectivity index (χ1n) is 10.4. The lowest BCUT2D eigenvalue weighted by atomic mass is 9.87. The summed E-state index contributed by atoms with van der Waals surface area (Å²) < 4.78 is 27.8. The lowest BCUT2D eigenvalue weighted by molar-refractivity contribution is 0.0925. The van der Waals surface area contributed by atoms with Crippen LogP contribution in [0.1, 0.15) is 48.3 Å². The summed E-state index contributed by atoms with van der Waals surface area (Å²) in [5.74, 6) is -0.294. The second-order valence-corrected chi connectivity index (χ2v) is 10.3. The number of rotatable bonds is 8. The van der Waals surface area contributed by atoms with Crippen LogP contribution in [0.25, 0.3) is 0 Å². The molecule has 0 spiro atoms. The second kappa shape index (κ2) is 10.1. The summed E-state index contributed by atoms with van der Waals surface area (Å²) in [7, 11) is -3.68. The Bertz CT molecular complexity index is 1120. The van der Waals surface area contributed by atoms with E-state index in [-0.39, 0.29) is 22.8 Å². The van der Waals surface area contributed by atoms with Crippen LogP contribution >= 0.6 is 0 Å². The maximum Gasteiger partial charge on any atom is 0.265 e. The molecule has 0 aliphatic rings. The van der Waals surface area contributed by atoms with Crippen LogP contribution in [-0.2, 0) is 15.4 Å². The average Bonchev–Trinajstić information content (AvgIpc) is 2.79. The molecule has 3 rings (SSSR count). The molecule has 1 unspecified atom stereocenters. The van der Waals surface area contributed by atoms with E-state index in [0.29, 0.717) is 5.56 Å². The normalized spacial score (nSPS) is 12.8. The van der Waals surface area contributed by atoms with Crippen LogP contribution in [0.3, 0.4) is 0 Å². The summed E-state index contributed by atoms with van der Waals surface area (Å²) in [6.45, 7) is 6.41. The van der Waals surface area contributed by atoms with Crippen molar-refractivity contribution < 1.29 is 13.2 Å². The van der Waals surface area contributed by atoms with Crippen molar-refractivity contribution in [1.29, 1.82) is 0 Å². The topological polar surface area (TPSA) is 87.3 Å². The van der Waals surface area contributed by atoms with Crippen molar-refractivity contribution in [2.24, 2.45) is 0 Å². The monoisotopic (exact) mass is 451 g/mol. The van der Waals surface area contributed by atoms with Gasteiger partial charge in [0.25, 0.3) is 5.91 Å². The van der Waals surface area contributed by atoms with Crippen molar-refractivity contribution in [2.45, 2.75) is 37.1 Å². The van der Waals surface area contributed by atoms with Gasteiger partial charge in [0.05, 0.1) is 10.9 Å². The SMILES string of the molecule is CC(C)(C)c1ccc(C(=O)NNC(CNS(=O)(=O)c2ccccc2)c2ccccc2)cc1. The lowest BCUT2D eigenvalue weighted by Crippen LogP contribution is -2.44. The highest BCUT2D eigenvalue weighted by Gasteiger charge is 2.19. The summed E-state index contributed by atoms with van der Waals surface area (Å²) in [4.78, 5) is 12.8. The number of hydrogen-bond acceptors (Lipinski definition) is 4. The fourth-order valence-electron chi connectivity index (χ4n) is 3.16. The number of carbonyl (C=O) groups is 1. The predicted octanol–water partition coefficient (Wildman–Crippen LogP) is 3.94.